The molecule has 128 valence electrons. The molecule has 0 aliphatic rings. The molecule has 2 N–H and O–H groups in total. The zero-order chi connectivity index (χ0) is 17.4. The van der Waals surface area contributed by atoms with Gasteiger partial charge in [0, 0.05) is 24.6 Å². The first-order chi connectivity index (χ1) is 11.7. The number of ether oxygens (including phenoxy) is 1. The van der Waals surface area contributed by atoms with Crippen LogP contribution in [0.4, 0.5) is 0 Å². The normalized spacial score (nSPS) is 11.8. The van der Waals surface area contributed by atoms with E-state index in [9.17, 15) is 9.90 Å². The average Bonchev–Trinajstić information content (AvgIpc) is 2.61. The highest BCUT2D eigenvalue weighted by Gasteiger charge is 2.14. The number of amides is 1. The van der Waals surface area contributed by atoms with E-state index in [4.69, 9.17) is 4.74 Å². The van der Waals surface area contributed by atoms with Crippen molar-refractivity contribution < 1.29 is 14.6 Å². The summed E-state index contributed by atoms with van der Waals surface area (Å²) in [6.45, 7) is 5.03. The fraction of sp³-hybridized carbons (Fsp3) is 0.350. The summed E-state index contributed by atoms with van der Waals surface area (Å²) in [5.41, 5.74) is 2.71. The molecule has 0 bridgehead atoms. The summed E-state index contributed by atoms with van der Waals surface area (Å²) in [6.07, 6.45) is 0.613. The van der Waals surface area contributed by atoms with Crippen LogP contribution in [-0.2, 0) is 0 Å². The Labute approximate surface area is 143 Å². The number of aryl methyl sites for hydroxylation is 1. The minimum absolute atomic E-state index is 0.0917. The fourth-order valence-corrected chi connectivity index (χ4v) is 2.64. The van der Waals surface area contributed by atoms with Crippen LogP contribution >= 0.6 is 0 Å². The van der Waals surface area contributed by atoms with Crippen molar-refractivity contribution in [1.29, 1.82) is 0 Å². The number of carbonyl (C=O) groups is 1. The Balaban J connectivity index is 2.04. The van der Waals surface area contributed by atoms with Crippen LogP contribution in [0.5, 0.6) is 5.75 Å². The Morgan fingerprint density at radius 3 is 2.62 bits per heavy atom. The van der Waals surface area contributed by atoms with Crippen LogP contribution in [0.25, 0.3) is 0 Å². The van der Waals surface area contributed by atoms with Gasteiger partial charge < -0.3 is 15.2 Å². The van der Waals surface area contributed by atoms with E-state index in [-0.39, 0.29) is 18.4 Å². The lowest BCUT2D eigenvalue weighted by atomic mass is 9.96. The number of hydrogen-bond acceptors (Lipinski definition) is 3. The maximum atomic E-state index is 12.4. The molecule has 0 aliphatic heterocycles. The highest BCUT2D eigenvalue weighted by atomic mass is 16.5. The van der Waals surface area contributed by atoms with Gasteiger partial charge in [-0.05, 0) is 43.5 Å². The van der Waals surface area contributed by atoms with Crippen LogP contribution in [0.3, 0.4) is 0 Å². The molecule has 0 saturated heterocycles. The second kappa shape index (κ2) is 9.08. The van der Waals surface area contributed by atoms with Gasteiger partial charge in [-0.15, -0.1) is 0 Å². The van der Waals surface area contributed by atoms with E-state index in [2.05, 4.69) is 5.32 Å². The first kappa shape index (κ1) is 18.0. The Morgan fingerprint density at radius 1 is 1.21 bits per heavy atom. The number of hydrogen-bond donors (Lipinski definition) is 2. The van der Waals surface area contributed by atoms with Crippen molar-refractivity contribution in [2.24, 2.45) is 0 Å². The standard InChI is InChI=1S/C20H25NO3/c1-3-24-19-13-17(10-9-15(19)2)20(23)21-14-18(11-12-22)16-7-5-4-6-8-16/h4-10,13,18,22H,3,11-12,14H2,1-2H3,(H,21,23). The van der Waals surface area contributed by atoms with Gasteiger partial charge in [0.1, 0.15) is 5.75 Å². The largest absolute Gasteiger partial charge is 0.494 e. The number of rotatable bonds is 8. The van der Waals surface area contributed by atoms with E-state index in [1.54, 1.807) is 12.1 Å². The Hall–Kier alpha value is -2.33. The minimum atomic E-state index is -0.130. The molecule has 4 heteroatoms. The third kappa shape index (κ3) is 4.83. The molecule has 2 rings (SSSR count). The molecule has 0 spiro atoms. The van der Waals surface area contributed by atoms with E-state index >= 15 is 0 Å². The monoisotopic (exact) mass is 327 g/mol. The van der Waals surface area contributed by atoms with E-state index in [0.717, 1.165) is 16.9 Å². The molecule has 0 radical (unpaired) electrons. The van der Waals surface area contributed by atoms with Crippen LogP contribution in [0.2, 0.25) is 0 Å². The predicted molar refractivity (Wildman–Crippen MR) is 95.6 cm³/mol. The molecular formula is C20H25NO3. The molecule has 0 aliphatic carbocycles. The summed E-state index contributed by atoms with van der Waals surface area (Å²) in [5, 5.41) is 12.2. The molecule has 0 fully saturated rings. The molecule has 2 aromatic carbocycles. The molecule has 0 heterocycles. The first-order valence-electron chi connectivity index (χ1n) is 8.33. The highest BCUT2D eigenvalue weighted by molar-refractivity contribution is 5.94. The SMILES string of the molecule is CCOc1cc(C(=O)NCC(CCO)c2ccccc2)ccc1C. The molecule has 1 unspecified atom stereocenters. The number of nitrogens with one attached hydrogen (secondary N) is 1. The topological polar surface area (TPSA) is 58.6 Å². The summed E-state index contributed by atoms with van der Waals surface area (Å²) in [4.78, 5) is 12.4. The number of carbonyl (C=O) groups excluding carboxylic acids is 1. The van der Waals surface area contributed by atoms with Crippen LogP contribution in [0.1, 0.15) is 40.7 Å². The van der Waals surface area contributed by atoms with Crippen molar-refractivity contribution in [2.75, 3.05) is 19.8 Å². The second-order valence-corrected chi connectivity index (χ2v) is 5.74. The van der Waals surface area contributed by atoms with Gasteiger partial charge in [-0.25, -0.2) is 0 Å². The van der Waals surface area contributed by atoms with Crippen molar-refractivity contribution >= 4 is 5.91 Å². The molecule has 24 heavy (non-hydrogen) atoms. The van der Waals surface area contributed by atoms with Crippen molar-refractivity contribution in [3.05, 3.63) is 65.2 Å². The molecular weight excluding hydrogens is 302 g/mol. The van der Waals surface area contributed by atoms with Gasteiger partial charge in [0.25, 0.3) is 5.91 Å². The van der Waals surface area contributed by atoms with Crippen molar-refractivity contribution in [1.82, 2.24) is 5.32 Å². The summed E-state index contributed by atoms with van der Waals surface area (Å²) >= 11 is 0. The summed E-state index contributed by atoms with van der Waals surface area (Å²) in [7, 11) is 0. The first-order valence-corrected chi connectivity index (χ1v) is 8.33. The van der Waals surface area contributed by atoms with Gasteiger partial charge in [-0.3, -0.25) is 4.79 Å². The van der Waals surface area contributed by atoms with Crippen LogP contribution in [0.15, 0.2) is 48.5 Å². The molecule has 4 nitrogen and oxygen atoms in total. The quantitative estimate of drug-likeness (QED) is 0.782. The second-order valence-electron chi connectivity index (χ2n) is 5.74. The maximum absolute atomic E-state index is 12.4. The Morgan fingerprint density at radius 2 is 1.96 bits per heavy atom. The lowest BCUT2D eigenvalue weighted by Gasteiger charge is -2.17. The predicted octanol–water partition coefficient (Wildman–Crippen LogP) is 3.29. The van der Waals surface area contributed by atoms with Gasteiger partial charge in [-0.2, -0.15) is 0 Å². The summed E-state index contributed by atoms with van der Waals surface area (Å²) in [5.74, 6) is 0.701. The maximum Gasteiger partial charge on any atom is 0.251 e. The van der Waals surface area contributed by atoms with Gasteiger partial charge >= 0.3 is 0 Å². The van der Waals surface area contributed by atoms with Gasteiger partial charge in [0.15, 0.2) is 0 Å². The van der Waals surface area contributed by atoms with Gasteiger partial charge in [0.05, 0.1) is 6.61 Å². The third-order valence-electron chi connectivity index (χ3n) is 4.01. The third-order valence-corrected chi connectivity index (χ3v) is 4.01. The number of aliphatic hydroxyl groups excluding tert-OH is 1. The lowest BCUT2D eigenvalue weighted by molar-refractivity contribution is 0.0949. The van der Waals surface area contributed by atoms with Gasteiger partial charge in [0.2, 0.25) is 0 Å². The van der Waals surface area contributed by atoms with Crippen molar-refractivity contribution in [3.8, 4) is 5.75 Å². The molecule has 2 aromatic rings. The van der Waals surface area contributed by atoms with Crippen LogP contribution < -0.4 is 10.1 Å². The van der Waals surface area contributed by atoms with E-state index in [1.807, 2.05) is 50.2 Å². The van der Waals surface area contributed by atoms with E-state index < -0.39 is 0 Å². The van der Waals surface area contributed by atoms with Gasteiger partial charge in [-0.1, -0.05) is 36.4 Å². The number of aliphatic hydroxyl groups is 1. The molecule has 1 amide bonds. The molecule has 0 saturated carbocycles. The van der Waals surface area contributed by atoms with Crippen molar-refractivity contribution in [2.45, 2.75) is 26.2 Å². The Kier molecular flexibility index (Phi) is 6.82. The van der Waals surface area contributed by atoms with Crippen LogP contribution in [-0.4, -0.2) is 30.8 Å². The molecule has 0 aromatic heterocycles. The van der Waals surface area contributed by atoms with E-state index in [1.165, 1.54) is 0 Å². The zero-order valence-electron chi connectivity index (χ0n) is 14.3. The average molecular weight is 327 g/mol. The zero-order valence-corrected chi connectivity index (χ0v) is 14.3. The smallest absolute Gasteiger partial charge is 0.251 e. The minimum Gasteiger partial charge on any atom is -0.494 e. The fourth-order valence-electron chi connectivity index (χ4n) is 2.64. The van der Waals surface area contributed by atoms with Crippen LogP contribution in [0, 0.1) is 6.92 Å². The van der Waals surface area contributed by atoms with E-state index in [0.29, 0.717) is 25.1 Å². The molecule has 1 atom stereocenters. The highest BCUT2D eigenvalue weighted by Crippen LogP contribution is 2.21. The number of benzene rings is 2. The Bertz CT molecular complexity index is 655. The summed E-state index contributed by atoms with van der Waals surface area (Å²) < 4.78 is 5.55. The lowest BCUT2D eigenvalue weighted by Crippen LogP contribution is -2.29. The van der Waals surface area contributed by atoms with Crippen molar-refractivity contribution in [3.63, 3.8) is 0 Å². The summed E-state index contributed by atoms with van der Waals surface area (Å²) in [6, 6.07) is 15.4.